The van der Waals surface area contributed by atoms with Gasteiger partial charge in [-0.2, -0.15) is 0 Å². The maximum absolute atomic E-state index is 12.5. The van der Waals surface area contributed by atoms with Crippen LogP contribution in [-0.2, 0) is 14.8 Å². The number of nitrogens with zero attached hydrogens (tertiary/aromatic N) is 2. The fourth-order valence-electron chi connectivity index (χ4n) is 3.53. The highest BCUT2D eigenvalue weighted by Crippen LogP contribution is 2.26. The van der Waals surface area contributed by atoms with E-state index in [9.17, 15) is 13.2 Å². The minimum absolute atomic E-state index is 0.0489. The molecule has 1 fully saturated rings. The Balaban J connectivity index is 1.50. The first-order chi connectivity index (χ1) is 13.8. The molecular weight excluding hydrogens is 410 g/mol. The molecule has 1 N–H and O–H groups in total. The maximum Gasteiger partial charge on any atom is 0.240 e. The number of aryl methyl sites for hydroxylation is 2. The van der Waals surface area contributed by atoms with E-state index in [0.29, 0.717) is 36.8 Å². The number of benzene rings is 2. The number of carbonyl (C=O) groups excluding carboxylic acids is 1. The van der Waals surface area contributed by atoms with Gasteiger partial charge in [0.25, 0.3) is 0 Å². The molecule has 0 saturated carbocycles. The fourth-order valence-corrected chi connectivity index (χ4v) is 5.05. The van der Waals surface area contributed by atoms with Gasteiger partial charge in [0.1, 0.15) is 0 Å². The third-order valence-electron chi connectivity index (χ3n) is 5.08. The molecule has 0 atom stereocenters. The van der Waals surface area contributed by atoms with Crippen LogP contribution in [0.25, 0.3) is 0 Å². The summed E-state index contributed by atoms with van der Waals surface area (Å²) in [5, 5.41) is 0.702. The second kappa shape index (κ2) is 9.15. The highest BCUT2D eigenvalue weighted by molar-refractivity contribution is 7.89. The molecule has 6 nitrogen and oxygen atoms in total. The van der Waals surface area contributed by atoms with Gasteiger partial charge >= 0.3 is 0 Å². The number of sulfonamides is 1. The van der Waals surface area contributed by atoms with Crippen LogP contribution in [0.1, 0.15) is 17.5 Å². The maximum atomic E-state index is 12.5. The van der Waals surface area contributed by atoms with E-state index in [-0.39, 0.29) is 23.8 Å². The summed E-state index contributed by atoms with van der Waals surface area (Å²) in [4.78, 5) is 16.7. The van der Waals surface area contributed by atoms with Crippen LogP contribution >= 0.6 is 11.6 Å². The summed E-state index contributed by atoms with van der Waals surface area (Å²) in [6.45, 7) is 6.35. The smallest absolute Gasteiger partial charge is 0.240 e. The molecule has 29 heavy (non-hydrogen) atoms. The molecule has 0 radical (unpaired) electrons. The number of para-hydroxylation sites is 1. The lowest BCUT2D eigenvalue weighted by atomic mass is 10.2. The summed E-state index contributed by atoms with van der Waals surface area (Å²) in [7, 11) is -3.63. The number of nitrogens with one attached hydrogen (secondary N) is 1. The van der Waals surface area contributed by atoms with Crippen LogP contribution in [0.3, 0.4) is 0 Å². The number of piperazine rings is 1. The topological polar surface area (TPSA) is 69.7 Å². The van der Waals surface area contributed by atoms with Gasteiger partial charge in [0, 0.05) is 39.1 Å². The average Bonchev–Trinajstić information content (AvgIpc) is 2.68. The van der Waals surface area contributed by atoms with Crippen LogP contribution in [0.2, 0.25) is 5.02 Å². The minimum atomic E-state index is -3.63. The molecule has 1 aliphatic rings. The Kier molecular flexibility index (Phi) is 6.82. The summed E-state index contributed by atoms with van der Waals surface area (Å²) < 4.78 is 27.5. The van der Waals surface area contributed by atoms with E-state index in [1.807, 2.05) is 37.3 Å². The Bertz CT molecular complexity index is 986. The molecule has 1 amide bonds. The van der Waals surface area contributed by atoms with E-state index in [2.05, 4.69) is 9.62 Å². The van der Waals surface area contributed by atoms with Gasteiger partial charge in [0.05, 0.1) is 15.6 Å². The Morgan fingerprint density at radius 2 is 1.76 bits per heavy atom. The van der Waals surface area contributed by atoms with Gasteiger partial charge in [0.2, 0.25) is 15.9 Å². The Hall–Kier alpha value is -2.09. The lowest BCUT2D eigenvalue weighted by Crippen LogP contribution is -2.49. The van der Waals surface area contributed by atoms with Gasteiger partial charge in [-0.05, 0) is 37.6 Å². The normalized spacial score (nSPS) is 14.9. The van der Waals surface area contributed by atoms with Gasteiger partial charge in [-0.25, -0.2) is 13.1 Å². The van der Waals surface area contributed by atoms with Crippen molar-refractivity contribution in [2.75, 3.05) is 37.6 Å². The fraction of sp³-hybridized carbons (Fsp3) is 0.381. The minimum Gasteiger partial charge on any atom is -0.367 e. The van der Waals surface area contributed by atoms with Gasteiger partial charge in [-0.1, -0.05) is 41.4 Å². The highest BCUT2D eigenvalue weighted by Gasteiger charge is 2.23. The van der Waals surface area contributed by atoms with E-state index in [1.54, 1.807) is 24.0 Å². The van der Waals surface area contributed by atoms with Crippen LogP contribution in [-0.4, -0.2) is 51.9 Å². The molecule has 0 spiro atoms. The molecule has 1 heterocycles. The SMILES string of the molecule is Cc1ccc(S(=O)(=O)NCCC(=O)N2CCN(c3ccccc3Cl)CC2)c(C)c1. The first-order valence-corrected chi connectivity index (χ1v) is 11.5. The molecule has 8 heteroatoms. The molecule has 2 aromatic rings. The van der Waals surface area contributed by atoms with Gasteiger partial charge in [0.15, 0.2) is 0 Å². The van der Waals surface area contributed by atoms with Crippen molar-refractivity contribution in [1.29, 1.82) is 0 Å². The third-order valence-corrected chi connectivity index (χ3v) is 7.02. The Morgan fingerprint density at radius 3 is 2.41 bits per heavy atom. The van der Waals surface area contributed by atoms with Crippen LogP contribution < -0.4 is 9.62 Å². The predicted molar refractivity (Wildman–Crippen MR) is 116 cm³/mol. The van der Waals surface area contributed by atoms with Crippen molar-refractivity contribution in [2.45, 2.75) is 25.2 Å². The highest BCUT2D eigenvalue weighted by atomic mass is 35.5. The monoisotopic (exact) mass is 435 g/mol. The number of rotatable bonds is 6. The van der Waals surface area contributed by atoms with Gasteiger partial charge in [-0.3, -0.25) is 4.79 Å². The Morgan fingerprint density at radius 1 is 1.07 bits per heavy atom. The Labute approximate surface area is 177 Å². The quantitative estimate of drug-likeness (QED) is 0.757. The molecule has 156 valence electrons. The van der Waals surface area contributed by atoms with Crippen molar-refractivity contribution in [3.05, 3.63) is 58.6 Å². The third kappa shape index (κ3) is 5.29. The summed E-state index contributed by atoms with van der Waals surface area (Å²) in [6.07, 6.45) is 0.135. The zero-order valence-corrected chi connectivity index (χ0v) is 18.3. The summed E-state index contributed by atoms with van der Waals surface area (Å²) in [6, 6.07) is 12.9. The molecule has 1 saturated heterocycles. The van der Waals surface area contributed by atoms with Crippen LogP contribution in [0.4, 0.5) is 5.69 Å². The summed E-state index contributed by atoms with van der Waals surface area (Å²) in [5.41, 5.74) is 2.68. The van der Waals surface area contributed by atoms with Crippen molar-refractivity contribution in [2.24, 2.45) is 0 Å². The van der Waals surface area contributed by atoms with Crippen molar-refractivity contribution in [1.82, 2.24) is 9.62 Å². The standard InChI is InChI=1S/C21H26ClN3O3S/c1-16-7-8-20(17(2)15-16)29(27,28)23-10-9-21(26)25-13-11-24(12-14-25)19-6-4-3-5-18(19)22/h3-8,15,23H,9-14H2,1-2H3. The zero-order chi connectivity index (χ0) is 21.0. The zero-order valence-electron chi connectivity index (χ0n) is 16.7. The van der Waals surface area contributed by atoms with E-state index in [1.165, 1.54) is 0 Å². The molecule has 0 aliphatic carbocycles. The van der Waals surface area contributed by atoms with E-state index >= 15 is 0 Å². The van der Waals surface area contributed by atoms with E-state index in [0.717, 1.165) is 11.3 Å². The lowest BCUT2D eigenvalue weighted by Gasteiger charge is -2.36. The molecule has 0 unspecified atom stereocenters. The van der Waals surface area contributed by atoms with Crippen LogP contribution in [0.5, 0.6) is 0 Å². The largest absolute Gasteiger partial charge is 0.367 e. The second-order valence-corrected chi connectivity index (χ2v) is 9.38. The van der Waals surface area contributed by atoms with Gasteiger partial charge < -0.3 is 9.80 Å². The van der Waals surface area contributed by atoms with E-state index in [4.69, 9.17) is 11.6 Å². The number of halogens is 1. The van der Waals surface area contributed by atoms with Gasteiger partial charge in [-0.15, -0.1) is 0 Å². The number of hydrogen-bond donors (Lipinski definition) is 1. The second-order valence-electron chi connectivity index (χ2n) is 7.24. The summed E-state index contributed by atoms with van der Waals surface area (Å²) >= 11 is 6.25. The van der Waals surface area contributed by atoms with Crippen molar-refractivity contribution in [3.63, 3.8) is 0 Å². The van der Waals surface area contributed by atoms with Crippen molar-refractivity contribution < 1.29 is 13.2 Å². The van der Waals surface area contributed by atoms with Crippen LogP contribution in [0.15, 0.2) is 47.4 Å². The number of carbonyl (C=O) groups is 1. The molecule has 0 aromatic heterocycles. The van der Waals surface area contributed by atoms with E-state index < -0.39 is 10.0 Å². The number of amides is 1. The predicted octanol–water partition coefficient (Wildman–Crippen LogP) is 2.97. The molecule has 0 bridgehead atoms. The molecular formula is C21H26ClN3O3S. The van der Waals surface area contributed by atoms with Crippen molar-refractivity contribution >= 4 is 33.2 Å². The molecule has 3 rings (SSSR count). The lowest BCUT2D eigenvalue weighted by molar-refractivity contribution is -0.131. The molecule has 1 aliphatic heterocycles. The number of hydrogen-bond acceptors (Lipinski definition) is 4. The average molecular weight is 436 g/mol. The summed E-state index contributed by atoms with van der Waals surface area (Å²) in [5.74, 6) is -0.0489. The molecule has 2 aromatic carbocycles. The van der Waals surface area contributed by atoms with Crippen molar-refractivity contribution in [3.8, 4) is 0 Å². The number of anilines is 1. The first-order valence-electron chi connectivity index (χ1n) is 9.62. The first kappa shape index (κ1) is 21.6. The van der Waals surface area contributed by atoms with Crippen LogP contribution in [0, 0.1) is 13.8 Å².